The number of carboxylic acids is 1. The molecule has 0 bridgehead atoms. The normalized spacial score (nSPS) is 17.0. The highest BCUT2D eigenvalue weighted by Gasteiger charge is 2.28. The van der Waals surface area contributed by atoms with Crippen LogP contribution in [-0.4, -0.2) is 38.3 Å². The fourth-order valence-electron chi connectivity index (χ4n) is 4.10. The Hall–Kier alpha value is -3.38. The number of aromatic carboxylic acids is 1. The summed E-state index contributed by atoms with van der Waals surface area (Å²) in [5.41, 5.74) is 4.32. The number of aromatic nitrogens is 1. The molecule has 1 N–H and O–H groups in total. The predicted molar refractivity (Wildman–Crippen MR) is 114 cm³/mol. The summed E-state index contributed by atoms with van der Waals surface area (Å²) in [5, 5.41) is 12.7. The van der Waals surface area contributed by atoms with Gasteiger partial charge in [0.2, 0.25) is 0 Å². The maximum absolute atomic E-state index is 12.1. The van der Waals surface area contributed by atoms with E-state index in [-0.39, 0.29) is 5.56 Å². The highest BCUT2D eigenvalue weighted by atomic mass is 16.5. The number of rotatable bonds is 5. The summed E-state index contributed by atoms with van der Waals surface area (Å²) < 4.78 is 10.8. The van der Waals surface area contributed by atoms with Crippen molar-refractivity contribution in [3.63, 3.8) is 0 Å². The molecule has 1 unspecified atom stereocenters. The molecule has 2 heterocycles. The Morgan fingerprint density at radius 1 is 1.13 bits per heavy atom. The Balaban J connectivity index is 1.93. The summed E-state index contributed by atoms with van der Waals surface area (Å²) in [5.74, 6) is 0.144. The number of nitrogens with one attached hydrogen (secondary N) is 1. The summed E-state index contributed by atoms with van der Waals surface area (Å²) in [6.07, 6.45) is 2.05. The first-order chi connectivity index (χ1) is 14.5. The molecule has 1 aliphatic rings. The van der Waals surface area contributed by atoms with Crippen molar-refractivity contribution in [3.05, 3.63) is 64.8 Å². The molecule has 6 nitrogen and oxygen atoms in total. The van der Waals surface area contributed by atoms with Crippen molar-refractivity contribution in [3.8, 4) is 11.5 Å². The topological polar surface area (TPSA) is 75.9 Å². The van der Waals surface area contributed by atoms with Gasteiger partial charge >= 0.3 is 0 Å². The third kappa shape index (κ3) is 3.50. The van der Waals surface area contributed by atoms with Crippen LogP contribution in [0.3, 0.4) is 0 Å². The number of quaternary nitrogens is 1. The molecule has 0 spiro atoms. The van der Waals surface area contributed by atoms with Crippen molar-refractivity contribution in [2.75, 3.05) is 27.3 Å². The zero-order valence-corrected chi connectivity index (χ0v) is 17.3. The van der Waals surface area contributed by atoms with Gasteiger partial charge in [-0.25, -0.2) is 4.98 Å². The van der Waals surface area contributed by atoms with Gasteiger partial charge in [0.05, 0.1) is 37.9 Å². The summed E-state index contributed by atoms with van der Waals surface area (Å²) >= 11 is 0. The molecule has 1 aromatic heterocycles. The summed E-state index contributed by atoms with van der Waals surface area (Å²) in [6.45, 7) is 4.34. The fraction of sp³-hybridized carbons (Fsp3) is 0.250. The Bertz CT molecular complexity index is 1150. The average molecular weight is 404 g/mol. The van der Waals surface area contributed by atoms with E-state index in [9.17, 15) is 9.90 Å². The van der Waals surface area contributed by atoms with Crippen LogP contribution < -0.4 is 19.5 Å². The Morgan fingerprint density at radius 2 is 1.90 bits per heavy atom. The number of fused-ring (bicyclic) bond motifs is 2. The smallest absolute Gasteiger partial charge is 0.161 e. The molecule has 0 saturated heterocycles. The van der Waals surface area contributed by atoms with E-state index in [1.54, 1.807) is 20.3 Å². The molecule has 0 radical (unpaired) electrons. The van der Waals surface area contributed by atoms with Crippen molar-refractivity contribution in [1.29, 1.82) is 0 Å². The monoisotopic (exact) mass is 404 g/mol. The summed E-state index contributed by atoms with van der Waals surface area (Å²) in [4.78, 5) is 18.2. The largest absolute Gasteiger partial charge is 0.545 e. The zero-order valence-electron chi connectivity index (χ0n) is 17.3. The molecule has 3 aromatic rings. The van der Waals surface area contributed by atoms with E-state index in [1.165, 1.54) is 4.90 Å². The number of likely N-dealkylation sites (N-methyl/N-ethyl adjacent to an activating group) is 1. The fourth-order valence-corrected chi connectivity index (χ4v) is 4.10. The second-order valence-corrected chi connectivity index (χ2v) is 7.36. The van der Waals surface area contributed by atoms with Gasteiger partial charge in [-0.2, -0.15) is 0 Å². The molecular weight excluding hydrogens is 380 g/mol. The molecule has 1 atom stereocenters. The third-order valence-electron chi connectivity index (χ3n) is 5.62. The lowest BCUT2D eigenvalue weighted by Crippen LogP contribution is -3.11. The number of pyridine rings is 1. The molecule has 4 rings (SSSR count). The molecule has 0 saturated carbocycles. The number of benzene rings is 2. The van der Waals surface area contributed by atoms with Crippen LogP contribution in [-0.2, 0) is 6.54 Å². The maximum Gasteiger partial charge on any atom is 0.161 e. The van der Waals surface area contributed by atoms with Crippen molar-refractivity contribution in [1.82, 2.24) is 4.98 Å². The molecule has 2 aromatic carbocycles. The minimum absolute atomic E-state index is 0.250. The van der Waals surface area contributed by atoms with Gasteiger partial charge in [0, 0.05) is 22.1 Å². The van der Waals surface area contributed by atoms with E-state index in [0.717, 1.165) is 35.5 Å². The summed E-state index contributed by atoms with van der Waals surface area (Å²) in [7, 11) is 3.21. The lowest BCUT2D eigenvalue weighted by Gasteiger charge is -2.29. The Kier molecular flexibility index (Phi) is 5.42. The minimum Gasteiger partial charge on any atom is -0.545 e. The highest BCUT2D eigenvalue weighted by Crippen LogP contribution is 2.32. The summed E-state index contributed by atoms with van der Waals surface area (Å²) in [6, 6.07) is 13.1. The first-order valence-electron chi connectivity index (χ1n) is 9.95. The van der Waals surface area contributed by atoms with Crippen LogP contribution in [0.15, 0.2) is 42.5 Å². The zero-order chi connectivity index (χ0) is 21.3. The minimum atomic E-state index is -1.16. The standard InChI is InChI=1S/C24H24N2O4/c1-4-26-13-16(11-15-9-10-20(29-2)21(12-15)30-3)23-18(14-26)22(24(27)28)17-7-5-6-8-19(17)25-23/h5-12H,4,13-14H2,1-3H3,(H,27,28)/b16-11+. The van der Waals surface area contributed by atoms with Gasteiger partial charge in [-0.1, -0.05) is 24.3 Å². The predicted octanol–water partition coefficient (Wildman–Crippen LogP) is 1.57. The van der Waals surface area contributed by atoms with Crippen LogP contribution >= 0.6 is 0 Å². The van der Waals surface area contributed by atoms with E-state index >= 15 is 0 Å². The third-order valence-corrected chi connectivity index (χ3v) is 5.62. The molecule has 6 heteroatoms. The lowest BCUT2D eigenvalue weighted by molar-refractivity contribution is -0.905. The van der Waals surface area contributed by atoms with Crippen LogP contribution in [0.5, 0.6) is 11.5 Å². The number of carbonyl (C=O) groups excluding carboxylic acids is 1. The van der Waals surface area contributed by atoms with Gasteiger partial charge in [0.1, 0.15) is 13.1 Å². The van der Waals surface area contributed by atoms with Crippen LogP contribution in [0.1, 0.15) is 34.1 Å². The van der Waals surface area contributed by atoms with E-state index < -0.39 is 5.97 Å². The van der Waals surface area contributed by atoms with E-state index in [0.29, 0.717) is 28.9 Å². The van der Waals surface area contributed by atoms with E-state index in [1.807, 2.05) is 36.4 Å². The molecule has 1 aliphatic heterocycles. The average Bonchev–Trinajstić information content (AvgIpc) is 2.77. The van der Waals surface area contributed by atoms with Gasteiger partial charge in [0.15, 0.2) is 11.5 Å². The first-order valence-corrected chi connectivity index (χ1v) is 9.95. The number of nitrogens with zero attached hydrogens (tertiary/aromatic N) is 1. The number of methoxy groups -OCH3 is 2. The van der Waals surface area contributed by atoms with E-state index in [2.05, 4.69) is 13.0 Å². The maximum atomic E-state index is 12.1. The molecule has 0 aliphatic carbocycles. The number of hydrogen-bond donors (Lipinski definition) is 1. The van der Waals surface area contributed by atoms with Gasteiger partial charge < -0.3 is 24.3 Å². The van der Waals surface area contributed by atoms with Gasteiger partial charge in [-0.05, 0) is 36.8 Å². The molecule has 30 heavy (non-hydrogen) atoms. The highest BCUT2D eigenvalue weighted by molar-refractivity contribution is 6.05. The molecular formula is C24H24N2O4. The van der Waals surface area contributed by atoms with Crippen LogP contribution in [0, 0.1) is 0 Å². The number of hydrogen-bond acceptors (Lipinski definition) is 5. The number of carbonyl (C=O) groups is 1. The quantitative estimate of drug-likeness (QED) is 0.699. The molecule has 154 valence electrons. The number of carboxylic acid groups (broad SMARTS) is 1. The Labute approximate surface area is 175 Å². The lowest BCUT2D eigenvalue weighted by atomic mass is 9.92. The Morgan fingerprint density at radius 3 is 2.60 bits per heavy atom. The van der Waals surface area contributed by atoms with E-state index in [4.69, 9.17) is 14.5 Å². The number of para-hydroxylation sites is 1. The second kappa shape index (κ2) is 8.16. The van der Waals surface area contributed by atoms with Gasteiger partial charge in [-0.3, -0.25) is 0 Å². The van der Waals surface area contributed by atoms with Crippen LogP contribution in [0.25, 0.3) is 22.6 Å². The van der Waals surface area contributed by atoms with Crippen LogP contribution in [0.2, 0.25) is 0 Å². The molecule has 0 fully saturated rings. The SMILES string of the molecule is CC[NH+]1C/C(=C\c2ccc(OC)c(OC)c2)c2nc3ccccc3c(C(=O)[O-])c2C1. The van der Waals surface area contributed by atoms with Crippen molar-refractivity contribution < 1.29 is 24.3 Å². The van der Waals surface area contributed by atoms with Crippen molar-refractivity contribution in [2.45, 2.75) is 13.5 Å². The molecule has 0 amide bonds. The first kappa shape index (κ1) is 19.9. The van der Waals surface area contributed by atoms with Crippen molar-refractivity contribution >= 4 is 28.5 Å². The second-order valence-electron chi connectivity index (χ2n) is 7.36. The van der Waals surface area contributed by atoms with Gasteiger partial charge in [-0.15, -0.1) is 0 Å². The van der Waals surface area contributed by atoms with Gasteiger partial charge in [0.25, 0.3) is 0 Å². The van der Waals surface area contributed by atoms with Crippen molar-refractivity contribution in [2.24, 2.45) is 0 Å². The number of ether oxygens (including phenoxy) is 2. The van der Waals surface area contributed by atoms with Crippen LogP contribution in [0.4, 0.5) is 0 Å².